The third-order valence-corrected chi connectivity index (χ3v) is 6.69. The van der Waals surface area contributed by atoms with Gasteiger partial charge in [0, 0.05) is 32.2 Å². The number of hydrogen-bond acceptors (Lipinski definition) is 3. The average molecular weight is 595 g/mol. The molecular formula is C27H32IrNO2-. The number of aliphatic hydroxyl groups excluding tert-OH is 2. The molecule has 31 heavy (non-hydrogen) atoms. The third-order valence-electron chi connectivity index (χ3n) is 6.69. The molecule has 2 saturated carbocycles. The van der Waals surface area contributed by atoms with Gasteiger partial charge in [0.15, 0.2) is 0 Å². The van der Waals surface area contributed by atoms with Crippen molar-refractivity contribution in [2.45, 2.75) is 64.1 Å². The summed E-state index contributed by atoms with van der Waals surface area (Å²) in [5, 5.41) is 21.2. The summed E-state index contributed by atoms with van der Waals surface area (Å²) in [6.45, 7) is 6.71. The first-order valence-electron chi connectivity index (χ1n) is 11.1. The van der Waals surface area contributed by atoms with Crippen molar-refractivity contribution in [2.75, 3.05) is 0 Å². The maximum absolute atomic E-state index is 9.41. The van der Waals surface area contributed by atoms with Crippen molar-refractivity contribution in [3.8, 4) is 11.3 Å². The van der Waals surface area contributed by atoms with Gasteiger partial charge in [-0.05, 0) is 65.1 Å². The van der Waals surface area contributed by atoms with Gasteiger partial charge in [0.2, 0.25) is 0 Å². The van der Waals surface area contributed by atoms with Crippen LogP contribution in [0.1, 0.15) is 52.0 Å². The maximum Gasteiger partial charge on any atom is 0.0595 e. The number of benzene rings is 2. The van der Waals surface area contributed by atoms with E-state index in [2.05, 4.69) is 62.2 Å². The van der Waals surface area contributed by atoms with E-state index in [4.69, 9.17) is 0 Å². The molecule has 0 aliphatic heterocycles. The summed E-state index contributed by atoms with van der Waals surface area (Å²) >= 11 is 0. The summed E-state index contributed by atoms with van der Waals surface area (Å²) in [4.78, 5) is 4.54. The SMILES string of the molecule is CC(C)(C)c1ccc2c(-c3[c-]cccc3)nccc2c1.OC1CCC2CCC(O)C12.[Ir]. The monoisotopic (exact) mass is 595 g/mol. The molecule has 2 fully saturated rings. The van der Waals surface area contributed by atoms with E-state index in [1.165, 1.54) is 16.3 Å². The van der Waals surface area contributed by atoms with E-state index in [9.17, 15) is 10.2 Å². The molecule has 0 saturated heterocycles. The summed E-state index contributed by atoms with van der Waals surface area (Å²) in [5.74, 6) is 0.852. The summed E-state index contributed by atoms with van der Waals surface area (Å²) < 4.78 is 0. The average Bonchev–Trinajstić information content (AvgIpc) is 3.30. The predicted octanol–water partition coefficient (Wildman–Crippen LogP) is 5.53. The summed E-state index contributed by atoms with van der Waals surface area (Å²) in [5.41, 5.74) is 3.56. The Labute approximate surface area is 199 Å². The van der Waals surface area contributed by atoms with E-state index in [1.54, 1.807) is 0 Å². The molecule has 2 aromatic carbocycles. The van der Waals surface area contributed by atoms with E-state index < -0.39 is 0 Å². The van der Waals surface area contributed by atoms with E-state index >= 15 is 0 Å². The molecular weight excluding hydrogens is 563 g/mol. The van der Waals surface area contributed by atoms with Crippen molar-refractivity contribution in [1.29, 1.82) is 0 Å². The normalized spacial score (nSPS) is 24.8. The van der Waals surface area contributed by atoms with Crippen LogP contribution >= 0.6 is 0 Å². The molecule has 3 aromatic rings. The minimum Gasteiger partial charge on any atom is -0.393 e. The molecule has 2 aliphatic rings. The number of aromatic nitrogens is 1. The Kier molecular flexibility index (Phi) is 7.70. The fraction of sp³-hybridized carbons (Fsp3) is 0.444. The van der Waals surface area contributed by atoms with Crippen LogP contribution in [-0.4, -0.2) is 27.4 Å². The van der Waals surface area contributed by atoms with Gasteiger partial charge in [-0.1, -0.05) is 39.0 Å². The number of pyridine rings is 1. The Balaban J connectivity index is 0.000000208. The first-order valence-corrected chi connectivity index (χ1v) is 11.1. The van der Waals surface area contributed by atoms with Crippen LogP contribution < -0.4 is 0 Å². The Bertz CT molecular complexity index is 985. The Morgan fingerprint density at radius 2 is 1.65 bits per heavy atom. The van der Waals surface area contributed by atoms with Gasteiger partial charge in [0.1, 0.15) is 0 Å². The van der Waals surface area contributed by atoms with Crippen LogP contribution in [0.2, 0.25) is 0 Å². The Hall–Kier alpha value is -1.58. The van der Waals surface area contributed by atoms with Gasteiger partial charge in [-0.25, -0.2) is 0 Å². The largest absolute Gasteiger partial charge is 0.393 e. The maximum atomic E-state index is 9.41. The second kappa shape index (κ2) is 9.92. The van der Waals surface area contributed by atoms with Gasteiger partial charge in [0.25, 0.3) is 0 Å². The van der Waals surface area contributed by atoms with Crippen molar-refractivity contribution < 1.29 is 30.3 Å². The second-order valence-electron chi connectivity index (χ2n) is 9.75. The molecule has 2 atom stereocenters. The molecule has 4 heteroatoms. The molecule has 0 bridgehead atoms. The van der Waals surface area contributed by atoms with Gasteiger partial charge in [-0.2, -0.15) is 0 Å². The fourth-order valence-corrected chi connectivity index (χ4v) is 4.97. The van der Waals surface area contributed by atoms with Crippen LogP contribution in [0.3, 0.4) is 0 Å². The molecule has 0 amide bonds. The van der Waals surface area contributed by atoms with Crippen LogP contribution in [-0.2, 0) is 25.5 Å². The molecule has 1 radical (unpaired) electrons. The number of fused-ring (bicyclic) bond motifs is 2. The van der Waals surface area contributed by atoms with Gasteiger partial charge in [-0.3, -0.25) is 0 Å². The molecule has 2 aliphatic carbocycles. The zero-order chi connectivity index (χ0) is 21.3. The molecule has 2 N–H and O–H groups in total. The van der Waals surface area contributed by atoms with Gasteiger partial charge >= 0.3 is 0 Å². The number of hydrogen-bond donors (Lipinski definition) is 2. The van der Waals surface area contributed by atoms with E-state index in [-0.39, 0.29) is 43.6 Å². The molecule has 1 heterocycles. The molecule has 3 nitrogen and oxygen atoms in total. The van der Waals surface area contributed by atoms with Gasteiger partial charge < -0.3 is 15.2 Å². The van der Waals surface area contributed by atoms with E-state index in [0.29, 0.717) is 5.92 Å². The second-order valence-corrected chi connectivity index (χ2v) is 9.75. The fourth-order valence-electron chi connectivity index (χ4n) is 4.97. The summed E-state index contributed by atoms with van der Waals surface area (Å²) in [6, 6.07) is 20.0. The van der Waals surface area contributed by atoms with Gasteiger partial charge in [-0.15, -0.1) is 35.9 Å². The zero-order valence-corrected chi connectivity index (χ0v) is 20.9. The summed E-state index contributed by atoms with van der Waals surface area (Å²) in [7, 11) is 0. The first-order chi connectivity index (χ1) is 14.3. The number of nitrogens with zero attached hydrogens (tertiary/aromatic N) is 1. The summed E-state index contributed by atoms with van der Waals surface area (Å²) in [6.07, 6.45) is 5.54. The van der Waals surface area contributed by atoms with Crippen LogP contribution in [0.25, 0.3) is 22.0 Å². The number of aliphatic hydroxyl groups is 2. The van der Waals surface area contributed by atoms with E-state index in [1.807, 2.05) is 24.4 Å². The topological polar surface area (TPSA) is 53.4 Å². The van der Waals surface area contributed by atoms with E-state index in [0.717, 1.165) is 36.9 Å². The van der Waals surface area contributed by atoms with Crippen molar-refractivity contribution in [2.24, 2.45) is 11.8 Å². The third kappa shape index (κ3) is 5.26. The minimum atomic E-state index is -0.206. The van der Waals surface area contributed by atoms with Crippen molar-refractivity contribution in [1.82, 2.24) is 4.98 Å². The van der Waals surface area contributed by atoms with Crippen molar-refractivity contribution >= 4 is 10.8 Å². The predicted molar refractivity (Wildman–Crippen MR) is 122 cm³/mol. The van der Waals surface area contributed by atoms with Crippen LogP contribution in [0.15, 0.2) is 54.7 Å². The molecule has 1 aromatic heterocycles. The Morgan fingerprint density at radius 1 is 0.935 bits per heavy atom. The van der Waals surface area contributed by atoms with Crippen LogP contribution in [0.5, 0.6) is 0 Å². The smallest absolute Gasteiger partial charge is 0.0595 e. The molecule has 5 rings (SSSR count). The first kappa shape index (κ1) is 24.1. The number of rotatable bonds is 1. The van der Waals surface area contributed by atoms with Crippen LogP contribution in [0.4, 0.5) is 0 Å². The van der Waals surface area contributed by atoms with Crippen LogP contribution in [0, 0.1) is 17.9 Å². The standard InChI is InChI=1S/C19H18N.C8H14O2.Ir/c1-19(2,3)16-9-10-17-15(13-16)11-12-20-18(17)14-7-5-4-6-8-14;9-6-3-1-5-2-4-7(10)8(5)6;/h4-7,9-13H,1-3H3;5-10H,1-4H2;/q-1;;. The quantitative estimate of drug-likeness (QED) is 0.365. The minimum absolute atomic E-state index is 0. The molecule has 0 spiro atoms. The van der Waals surface area contributed by atoms with Gasteiger partial charge in [0.05, 0.1) is 12.2 Å². The molecule has 2 unspecified atom stereocenters. The molecule has 167 valence electrons. The van der Waals surface area contributed by atoms with Crippen molar-refractivity contribution in [3.05, 3.63) is 66.4 Å². The van der Waals surface area contributed by atoms with Crippen molar-refractivity contribution in [3.63, 3.8) is 0 Å². The Morgan fingerprint density at radius 3 is 2.23 bits per heavy atom. The zero-order valence-electron chi connectivity index (χ0n) is 18.5.